The van der Waals surface area contributed by atoms with Crippen LogP contribution in [0, 0.1) is 0 Å². The fourth-order valence-corrected chi connectivity index (χ4v) is 8.88. The standard InChI is InChI=1S/C80H127NO8/c1-6-8-10-12-14-16-18-20-22-24-26-28-30-32-34-36-38-39-41-43-45-47-49-51-53-55-57-59-61-63-65-67-69-71-78(83)89-76(75-88-80(79(84)85)86-73-72-81(3,4)5)74-87-77(82)70-68-66-64-62-60-58-56-54-52-50-48-46-44-42-40-37-35-33-31-29-27-25-23-21-19-17-15-13-11-9-7-2/h8-11,14-17,20-23,26-29,32-35,38-40,42-43,45,49,51,55,57,76,80H,6-7,12-13,18-19,24-25,30-31,36-37,41,44,46-48,50,52-54,56,58-75H2,1-5H3/b10-8-,11-9-,16-14-,17-15-,22-20-,23-21-,28-26-,29-27-,34-32-,35-33-,39-38-,42-40-,45-43-,51-49-,57-55-. The summed E-state index contributed by atoms with van der Waals surface area (Å²) in [5.74, 6) is -2.33. The SMILES string of the molecule is CC/C=C\C/C=C\C/C=C\C/C=C\C/C=C\C/C=C\C/C=C\C/C=C\C/C=C\CCCCCCCC(=O)OC(COC(=O)CCCCCCCCCCCCCC/C=C\C/C=C\C/C=C\C/C=C\C/C=C\C/C=C\CC)COC(OCC[N+](C)(C)C)C(=O)[O-]. The van der Waals surface area contributed by atoms with Gasteiger partial charge in [-0.25, -0.2) is 0 Å². The molecule has 500 valence electrons. The third-order valence-electron chi connectivity index (χ3n) is 14.1. The van der Waals surface area contributed by atoms with Crippen molar-refractivity contribution in [1.82, 2.24) is 0 Å². The maximum absolute atomic E-state index is 12.9. The van der Waals surface area contributed by atoms with Crippen molar-refractivity contribution in [3.05, 3.63) is 182 Å². The molecule has 0 spiro atoms. The first kappa shape index (κ1) is 83.4. The Balaban J connectivity index is 4.25. The van der Waals surface area contributed by atoms with E-state index in [9.17, 15) is 19.5 Å². The number of carbonyl (C=O) groups excluding carboxylic acids is 3. The predicted octanol–water partition coefficient (Wildman–Crippen LogP) is 20.7. The molecule has 0 bridgehead atoms. The molecule has 0 heterocycles. The number of likely N-dealkylation sites (N-methyl/N-ethyl adjacent to an activating group) is 1. The lowest BCUT2D eigenvalue weighted by Crippen LogP contribution is -2.44. The van der Waals surface area contributed by atoms with Crippen LogP contribution in [-0.4, -0.2) is 82.3 Å². The van der Waals surface area contributed by atoms with Crippen LogP contribution in [0.1, 0.15) is 245 Å². The Morgan fingerprint density at radius 2 is 0.607 bits per heavy atom. The Hall–Kier alpha value is -5.61. The summed E-state index contributed by atoms with van der Waals surface area (Å²) in [6.07, 6.45) is 101. The molecule has 0 saturated heterocycles. The summed E-state index contributed by atoms with van der Waals surface area (Å²) in [4.78, 5) is 37.5. The van der Waals surface area contributed by atoms with E-state index in [-0.39, 0.29) is 38.6 Å². The third-order valence-corrected chi connectivity index (χ3v) is 14.1. The summed E-state index contributed by atoms with van der Waals surface area (Å²) in [5.41, 5.74) is 0. The van der Waals surface area contributed by atoms with E-state index in [1.165, 1.54) is 57.8 Å². The van der Waals surface area contributed by atoms with Crippen LogP contribution in [0.2, 0.25) is 0 Å². The Bertz CT molecular complexity index is 2120. The molecular weight excluding hydrogens is 1100 g/mol. The fraction of sp³-hybridized carbons (Fsp3) is 0.588. The molecule has 2 atom stereocenters. The molecule has 0 aliphatic carbocycles. The summed E-state index contributed by atoms with van der Waals surface area (Å²) >= 11 is 0. The van der Waals surface area contributed by atoms with Gasteiger partial charge < -0.3 is 33.3 Å². The number of rotatable bonds is 62. The summed E-state index contributed by atoms with van der Waals surface area (Å²) in [7, 11) is 5.91. The lowest BCUT2D eigenvalue weighted by Gasteiger charge is -2.26. The maximum Gasteiger partial charge on any atom is 0.306 e. The first-order valence-electron chi connectivity index (χ1n) is 34.9. The van der Waals surface area contributed by atoms with Gasteiger partial charge in [0, 0.05) is 12.8 Å². The molecule has 0 aromatic heterocycles. The monoisotopic (exact) mass is 1230 g/mol. The topological polar surface area (TPSA) is 111 Å². The molecule has 9 nitrogen and oxygen atoms in total. The third kappa shape index (κ3) is 69.7. The van der Waals surface area contributed by atoms with Gasteiger partial charge in [-0.15, -0.1) is 0 Å². The van der Waals surface area contributed by atoms with Crippen LogP contribution < -0.4 is 5.11 Å². The van der Waals surface area contributed by atoms with Crippen LogP contribution in [-0.2, 0) is 33.3 Å². The van der Waals surface area contributed by atoms with E-state index >= 15 is 0 Å². The number of unbranched alkanes of at least 4 members (excludes halogenated alkanes) is 17. The van der Waals surface area contributed by atoms with Crippen LogP contribution in [0.25, 0.3) is 0 Å². The van der Waals surface area contributed by atoms with Crippen LogP contribution in [0.4, 0.5) is 0 Å². The largest absolute Gasteiger partial charge is 0.545 e. The zero-order valence-corrected chi connectivity index (χ0v) is 57.0. The fourth-order valence-electron chi connectivity index (χ4n) is 8.88. The Morgan fingerprint density at radius 1 is 0.337 bits per heavy atom. The lowest BCUT2D eigenvalue weighted by molar-refractivity contribution is -0.870. The second-order valence-corrected chi connectivity index (χ2v) is 23.7. The minimum absolute atomic E-state index is 0.133. The molecule has 0 aromatic carbocycles. The van der Waals surface area contributed by atoms with E-state index < -0.39 is 24.3 Å². The molecule has 2 unspecified atom stereocenters. The van der Waals surface area contributed by atoms with Crippen molar-refractivity contribution in [2.75, 3.05) is 47.5 Å². The smallest absolute Gasteiger partial charge is 0.306 e. The van der Waals surface area contributed by atoms with Crippen molar-refractivity contribution in [3.8, 4) is 0 Å². The number of quaternary nitrogens is 1. The average Bonchev–Trinajstić information content (AvgIpc) is 3.64. The second kappa shape index (κ2) is 68.3. The number of aliphatic carboxylic acids is 1. The molecule has 0 radical (unpaired) electrons. The van der Waals surface area contributed by atoms with Crippen molar-refractivity contribution in [1.29, 1.82) is 0 Å². The number of carbonyl (C=O) groups is 3. The molecule has 0 amide bonds. The molecule has 0 aromatic rings. The number of carboxylic acids is 1. The highest BCUT2D eigenvalue weighted by molar-refractivity contribution is 5.70. The summed E-state index contributed by atoms with van der Waals surface area (Å²) in [5, 5.41) is 11.8. The highest BCUT2D eigenvalue weighted by atomic mass is 16.7. The molecule has 89 heavy (non-hydrogen) atoms. The van der Waals surface area contributed by atoms with Crippen LogP contribution >= 0.6 is 0 Å². The number of carboxylic acid groups (broad SMARTS) is 1. The van der Waals surface area contributed by atoms with Crippen molar-refractivity contribution in [3.63, 3.8) is 0 Å². The number of hydrogen-bond donors (Lipinski definition) is 0. The first-order chi connectivity index (χ1) is 43.6. The Labute approximate surface area is 545 Å². The quantitative estimate of drug-likeness (QED) is 0.0195. The molecule has 0 saturated carbocycles. The Morgan fingerprint density at radius 3 is 0.899 bits per heavy atom. The van der Waals surface area contributed by atoms with E-state index in [1.807, 2.05) is 21.1 Å². The van der Waals surface area contributed by atoms with Gasteiger partial charge in [-0.1, -0.05) is 280 Å². The van der Waals surface area contributed by atoms with Crippen molar-refractivity contribution in [2.24, 2.45) is 0 Å². The van der Waals surface area contributed by atoms with Crippen LogP contribution in [0.15, 0.2) is 182 Å². The van der Waals surface area contributed by atoms with E-state index in [0.717, 1.165) is 154 Å². The van der Waals surface area contributed by atoms with Gasteiger partial charge >= 0.3 is 11.9 Å². The van der Waals surface area contributed by atoms with E-state index in [0.29, 0.717) is 17.4 Å². The van der Waals surface area contributed by atoms with Gasteiger partial charge in [0.2, 0.25) is 0 Å². The molecule has 0 aliphatic rings. The van der Waals surface area contributed by atoms with E-state index in [2.05, 4.69) is 196 Å². The van der Waals surface area contributed by atoms with Gasteiger partial charge in [0.15, 0.2) is 12.4 Å². The molecule has 0 aliphatic heterocycles. The summed E-state index contributed by atoms with van der Waals surface area (Å²) in [6.45, 7) is 4.48. The van der Waals surface area contributed by atoms with E-state index in [4.69, 9.17) is 18.9 Å². The average molecular weight is 1230 g/mol. The molecular formula is C80H127NO8. The molecule has 0 rings (SSSR count). The second-order valence-electron chi connectivity index (χ2n) is 23.7. The van der Waals surface area contributed by atoms with Crippen molar-refractivity contribution >= 4 is 17.9 Å². The van der Waals surface area contributed by atoms with Gasteiger partial charge in [0.05, 0.1) is 40.3 Å². The Kier molecular flexibility index (Phi) is 64.0. The lowest BCUT2D eigenvalue weighted by atomic mass is 10.0. The number of nitrogens with zero attached hydrogens (tertiary/aromatic N) is 1. The number of allylic oxidation sites excluding steroid dienone is 30. The number of esters is 2. The van der Waals surface area contributed by atoms with Crippen molar-refractivity contribution in [2.45, 2.75) is 257 Å². The maximum atomic E-state index is 12.9. The predicted molar refractivity (Wildman–Crippen MR) is 379 cm³/mol. The molecule has 9 heteroatoms. The van der Waals surface area contributed by atoms with Gasteiger partial charge in [-0.2, -0.15) is 0 Å². The minimum atomic E-state index is -1.64. The first-order valence-corrected chi connectivity index (χ1v) is 34.9. The van der Waals surface area contributed by atoms with Gasteiger partial charge in [-0.05, 0) is 135 Å². The normalized spacial score (nSPS) is 13.9. The zero-order chi connectivity index (χ0) is 64.7. The van der Waals surface area contributed by atoms with Crippen molar-refractivity contribution < 1.29 is 42.9 Å². The van der Waals surface area contributed by atoms with Crippen LogP contribution in [0.3, 0.4) is 0 Å². The highest BCUT2D eigenvalue weighted by Crippen LogP contribution is 2.15. The zero-order valence-electron chi connectivity index (χ0n) is 57.0. The van der Waals surface area contributed by atoms with Crippen LogP contribution in [0.5, 0.6) is 0 Å². The highest BCUT2D eigenvalue weighted by Gasteiger charge is 2.22. The van der Waals surface area contributed by atoms with Gasteiger partial charge in [-0.3, -0.25) is 9.59 Å². The van der Waals surface area contributed by atoms with Gasteiger partial charge in [0.25, 0.3) is 0 Å². The van der Waals surface area contributed by atoms with E-state index in [1.54, 1.807) is 0 Å². The minimum Gasteiger partial charge on any atom is -0.545 e. The van der Waals surface area contributed by atoms with Gasteiger partial charge in [0.1, 0.15) is 13.2 Å². The molecule has 0 N–H and O–H groups in total. The number of ether oxygens (including phenoxy) is 4. The summed E-state index contributed by atoms with van der Waals surface area (Å²) < 4.78 is 22.8. The summed E-state index contributed by atoms with van der Waals surface area (Å²) in [6, 6.07) is 0. The number of hydrogen-bond acceptors (Lipinski definition) is 8. The molecule has 0 fully saturated rings.